The van der Waals surface area contributed by atoms with Crippen molar-refractivity contribution in [1.82, 2.24) is 20.2 Å². The van der Waals surface area contributed by atoms with Gasteiger partial charge < -0.3 is 24.6 Å². The molecule has 1 saturated heterocycles. The summed E-state index contributed by atoms with van der Waals surface area (Å²) in [5, 5.41) is 3.04. The monoisotopic (exact) mass is 425 g/mol. The number of aryl methyl sites for hydroxylation is 1. The van der Waals surface area contributed by atoms with Crippen molar-refractivity contribution in [2.75, 3.05) is 50.8 Å². The van der Waals surface area contributed by atoms with Gasteiger partial charge in [-0.05, 0) is 31.0 Å². The highest BCUT2D eigenvalue weighted by molar-refractivity contribution is 5.74. The van der Waals surface area contributed by atoms with Crippen LogP contribution in [-0.4, -0.2) is 66.8 Å². The van der Waals surface area contributed by atoms with Gasteiger partial charge in [-0.2, -0.15) is 0 Å². The van der Waals surface area contributed by atoms with E-state index in [1.807, 2.05) is 36.1 Å². The number of amides is 2. The molecule has 0 radical (unpaired) electrons. The Morgan fingerprint density at radius 2 is 1.81 bits per heavy atom. The molecular weight excluding hydrogens is 394 g/mol. The van der Waals surface area contributed by atoms with Gasteiger partial charge in [0.15, 0.2) is 11.5 Å². The van der Waals surface area contributed by atoms with Crippen molar-refractivity contribution in [3.05, 3.63) is 41.3 Å². The molecule has 2 amide bonds. The molecule has 2 aliphatic rings. The third-order valence-electron chi connectivity index (χ3n) is 5.56. The van der Waals surface area contributed by atoms with Gasteiger partial charge in [0.1, 0.15) is 24.9 Å². The number of hydrogen-bond acceptors (Lipinski definition) is 6. The number of piperazine rings is 1. The van der Waals surface area contributed by atoms with Gasteiger partial charge in [-0.3, -0.25) is 0 Å². The zero-order chi connectivity index (χ0) is 21.8. The first kappa shape index (κ1) is 21.2. The Hall–Kier alpha value is -3.03. The Morgan fingerprint density at radius 3 is 2.55 bits per heavy atom. The quantitative estimate of drug-likeness (QED) is 0.794. The third-order valence-corrected chi connectivity index (χ3v) is 5.56. The van der Waals surface area contributed by atoms with E-state index < -0.39 is 0 Å². The van der Waals surface area contributed by atoms with E-state index in [0.29, 0.717) is 38.8 Å². The second-order valence-electron chi connectivity index (χ2n) is 8.31. The van der Waals surface area contributed by atoms with E-state index in [1.54, 1.807) is 0 Å². The van der Waals surface area contributed by atoms with Gasteiger partial charge in [-0.15, -0.1) is 0 Å². The zero-order valence-corrected chi connectivity index (χ0v) is 18.6. The van der Waals surface area contributed by atoms with Gasteiger partial charge in [0.2, 0.25) is 0 Å². The van der Waals surface area contributed by atoms with E-state index in [4.69, 9.17) is 14.5 Å². The van der Waals surface area contributed by atoms with E-state index >= 15 is 0 Å². The van der Waals surface area contributed by atoms with Crippen LogP contribution in [0.4, 0.5) is 10.6 Å². The van der Waals surface area contributed by atoms with Crippen molar-refractivity contribution in [3.8, 4) is 11.5 Å². The average molecular weight is 426 g/mol. The lowest BCUT2D eigenvalue weighted by Crippen LogP contribution is -2.52. The van der Waals surface area contributed by atoms with Crippen LogP contribution in [0, 0.1) is 6.92 Å². The molecule has 1 N–H and O–H groups in total. The number of aromatic nitrogens is 2. The van der Waals surface area contributed by atoms with E-state index in [2.05, 4.69) is 29.0 Å². The largest absolute Gasteiger partial charge is 0.486 e. The second-order valence-corrected chi connectivity index (χ2v) is 8.31. The standard InChI is InChI=1S/C23H31N5O3/c1-16(2)22-25-17(3)14-21(26-22)27-8-10-28(11-9-27)23(29)24-7-6-18-4-5-19-20(15-18)31-13-12-30-19/h4-5,14-16H,6-13H2,1-3H3,(H,24,29). The summed E-state index contributed by atoms with van der Waals surface area (Å²) >= 11 is 0. The van der Waals surface area contributed by atoms with Gasteiger partial charge in [0, 0.05) is 50.4 Å². The molecule has 0 saturated carbocycles. The number of nitrogens with one attached hydrogen (secondary N) is 1. The van der Waals surface area contributed by atoms with Gasteiger partial charge in [-0.25, -0.2) is 14.8 Å². The fraction of sp³-hybridized carbons (Fsp3) is 0.522. The van der Waals surface area contributed by atoms with Gasteiger partial charge in [0.25, 0.3) is 0 Å². The van der Waals surface area contributed by atoms with Crippen LogP contribution in [0.1, 0.15) is 36.8 Å². The zero-order valence-electron chi connectivity index (χ0n) is 18.6. The molecule has 0 bridgehead atoms. The molecule has 0 aliphatic carbocycles. The Labute approximate surface area is 183 Å². The fourth-order valence-corrected chi connectivity index (χ4v) is 3.80. The van der Waals surface area contributed by atoms with Gasteiger partial charge in [-0.1, -0.05) is 19.9 Å². The first-order valence-electron chi connectivity index (χ1n) is 11.0. The highest BCUT2D eigenvalue weighted by atomic mass is 16.6. The summed E-state index contributed by atoms with van der Waals surface area (Å²) < 4.78 is 11.2. The molecule has 8 nitrogen and oxygen atoms in total. The van der Waals surface area contributed by atoms with E-state index in [-0.39, 0.29) is 6.03 Å². The first-order chi connectivity index (χ1) is 15.0. The van der Waals surface area contributed by atoms with Crippen molar-refractivity contribution >= 4 is 11.8 Å². The van der Waals surface area contributed by atoms with Crippen LogP contribution in [-0.2, 0) is 6.42 Å². The summed E-state index contributed by atoms with van der Waals surface area (Å²) in [6.07, 6.45) is 0.751. The number of anilines is 1. The molecule has 3 heterocycles. The van der Waals surface area contributed by atoms with Gasteiger partial charge >= 0.3 is 6.03 Å². The number of carbonyl (C=O) groups is 1. The van der Waals surface area contributed by atoms with E-state index in [0.717, 1.165) is 53.9 Å². The lowest BCUT2D eigenvalue weighted by atomic mass is 10.1. The summed E-state index contributed by atoms with van der Waals surface area (Å²) in [5.41, 5.74) is 2.10. The predicted octanol–water partition coefficient (Wildman–Crippen LogP) is 2.75. The number of benzene rings is 1. The summed E-state index contributed by atoms with van der Waals surface area (Å²) in [7, 11) is 0. The van der Waals surface area contributed by atoms with E-state index in [1.165, 1.54) is 0 Å². The fourth-order valence-electron chi connectivity index (χ4n) is 3.80. The molecule has 31 heavy (non-hydrogen) atoms. The predicted molar refractivity (Wildman–Crippen MR) is 119 cm³/mol. The first-order valence-corrected chi connectivity index (χ1v) is 11.0. The topological polar surface area (TPSA) is 79.8 Å². The number of rotatable bonds is 5. The number of ether oxygens (including phenoxy) is 2. The Kier molecular flexibility index (Phi) is 6.44. The molecule has 4 rings (SSSR count). The van der Waals surface area contributed by atoms with Crippen LogP contribution >= 0.6 is 0 Å². The minimum atomic E-state index is -0.0149. The molecule has 0 atom stereocenters. The molecule has 1 fully saturated rings. The van der Waals surface area contributed by atoms with Crippen LogP contribution in [0.5, 0.6) is 11.5 Å². The average Bonchev–Trinajstić information content (AvgIpc) is 2.78. The van der Waals surface area contributed by atoms with Crippen LogP contribution in [0.25, 0.3) is 0 Å². The van der Waals surface area contributed by atoms with Crippen molar-refractivity contribution in [2.45, 2.75) is 33.1 Å². The molecule has 166 valence electrons. The Bertz CT molecular complexity index is 925. The SMILES string of the molecule is Cc1cc(N2CCN(C(=O)NCCc3ccc4c(c3)OCCO4)CC2)nc(C(C)C)n1. The van der Waals surface area contributed by atoms with Crippen molar-refractivity contribution in [2.24, 2.45) is 0 Å². The maximum atomic E-state index is 12.6. The second kappa shape index (κ2) is 9.41. The highest BCUT2D eigenvalue weighted by Gasteiger charge is 2.22. The van der Waals surface area contributed by atoms with E-state index in [9.17, 15) is 4.79 Å². The minimum absolute atomic E-state index is 0.0149. The van der Waals surface area contributed by atoms with Gasteiger partial charge in [0.05, 0.1) is 0 Å². The number of hydrogen-bond donors (Lipinski definition) is 1. The van der Waals surface area contributed by atoms with Crippen LogP contribution < -0.4 is 19.7 Å². The third kappa shape index (κ3) is 5.18. The normalized spacial score (nSPS) is 15.9. The summed E-state index contributed by atoms with van der Waals surface area (Å²) in [6, 6.07) is 7.96. The molecule has 2 aliphatic heterocycles. The van der Waals surface area contributed by atoms with Crippen LogP contribution in [0.3, 0.4) is 0 Å². The summed E-state index contributed by atoms with van der Waals surface area (Å²) in [4.78, 5) is 25.9. The summed E-state index contributed by atoms with van der Waals surface area (Å²) in [6.45, 7) is 10.8. The lowest BCUT2D eigenvalue weighted by molar-refractivity contribution is 0.171. The van der Waals surface area contributed by atoms with Crippen molar-refractivity contribution in [1.29, 1.82) is 0 Å². The highest BCUT2D eigenvalue weighted by Crippen LogP contribution is 2.30. The maximum Gasteiger partial charge on any atom is 0.317 e. The van der Waals surface area contributed by atoms with Crippen LogP contribution in [0.2, 0.25) is 0 Å². The number of nitrogens with zero attached hydrogens (tertiary/aromatic N) is 4. The number of carbonyl (C=O) groups excluding carboxylic acids is 1. The Balaban J connectivity index is 1.25. The smallest absolute Gasteiger partial charge is 0.317 e. The molecule has 0 spiro atoms. The molecule has 8 heteroatoms. The molecule has 1 aromatic carbocycles. The molecule has 0 unspecified atom stereocenters. The van der Waals surface area contributed by atoms with Crippen LogP contribution in [0.15, 0.2) is 24.3 Å². The van der Waals surface area contributed by atoms with Crippen molar-refractivity contribution < 1.29 is 14.3 Å². The lowest BCUT2D eigenvalue weighted by Gasteiger charge is -2.35. The summed E-state index contributed by atoms with van der Waals surface area (Å²) in [5.74, 6) is 3.69. The number of fused-ring (bicyclic) bond motifs is 1. The maximum absolute atomic E-state index is 12.6. The Morgan fingerprint density at radius 1 is 1.06 bits per heavy atom. The minimum Gasteiger partial charge on any atom is -0.486 e. The number of urea groups is 1. The van der Waals surface area contributed by atoms with Crippen molar-refractivity contribution in [3.63, 3.8) is 0 Å². The molecule has 1 aromatic heterocycles. The molecular formula is C23H31N5O3. The molecule has 2 aromatic rings.